The molecule has 0 amide bonds. The highest BCUT2D eigenvalue weighted by Crippen LogP contribution is 2.32. The SMILES string of the molecule is [N]=Nc1cc(S(=O)(=O)O)c(Cl)cc1S(=O)(=O)O. The zero-order valence-electron chi connectivity index (χ0n) is 7.77. The van der Waals surface area contributed by atoms with Crippen LogP contribution in [0.3, 0.4) is 0 Å². The number of hydrogen-bond acceptors (Lipinski definition) is 5. The Morgan fingerprint density at radius 3 is 1.88 bits per heavy atom. The van der Waals surface area contributed by atoms with Crippen LogP contribution in [0, 0.1) is 0 Å². The van der Waals surface area contributed by atoms with E-state index in [4.69, 9.17) is 26.2 Å². The predicted octanol–water partition coefficient (Wildman–Crippen LogP) is 0.717. The van der Waals surface area contributed by atoms with Crippen molar-refractivity contribution in [2.75, 3.05) is 0 Å². The lowest BCUT2D eigenvalue weighted by molar-refractivity contribution is 0.478. The van der Waals surface area contributed by atoms with E-state index in [9.17, 15) is 16.8 Å². The molecule has 0 aromatic heterocycles. The van der Waals surface area contributed by atoms with Gasteiger partial charge in [-0.05, 0) is 17.7 Å². The Hall–Kier alpha value is -1.07. The summed E-state index contributed by atoms with van der Waals surface area (Å²) in [4.78, 5) is -1.74. The molecule has 0 saturated carbocycles. The molecule has 0 saturated heterocycles. The minimum absolute atomic E-state index is 0.501. The van der Waals surface area contributed by atoms with Crippen LogP contribution in [0.2, 0.25) is 5.02 Å². The second kappa shape index (κ2) is 4.31. The molecule has 93 valence electrons. The first-order valence-corrected chi connectivity index (χ1v) is 6.97. The summed E-state index contributed by atoms with van der Waals surface area (Å²) < 4.78 is 60.8. The van der Waals surface area contributed by atoms with Crippen molar-refractivity contribution in [3.8, 4) is 0 Å². The smallest absolute Gasteiger partial charge is 0.282 e. The molecule has 0 heterocycles. The lowest BCUT2D eigenvalue weighted by Gasteiger charge is -2.05. The molecular weight excluding hydrogens is 296 g/mol. The van der Waals surface area contributed by atoms with E-state index >= 15 is 0 Å². The lowest BCUT2D eigenvalue weighted by atomic mass is 10.3. The van der Waals surface area contributed by atoms with Crippen molar-refractivity contribution in [3.63, 3.8) is 0 Å². The summed E-state index contributed by atoms with van der Waals surface area (Å²) in [6, 6.07) is 1.04. The van der Waals surface area contributed by atoms with Crippen LogP contribution in [0.5, 0.6) is 0 Å². The van der Waals surface area contributed by atoms with Crippen LogP contribution in [0.4, 0.5) is 5.69 Å². The minimum atomic E-state index is -4.74. The van der Waals surface area contributed by atoms with Crippen molar-refractivity contribution >= 4 is 37.5 Å². The van der Waals surface area contributed by atoms with Crippen LogP contribution < -0.4 is 5.53 Å². The Kier molecular flexibility index (Phi) is 3.55. The Labute approximate surface area is 101 Å². The molecule has 2 N–H and O–H groups in total. The summed E-state index contributed by atoms with van der Waals surface area (Å²) in [5.74, 6) is 0. The van der Waals surface area contributed by atoms with Crippen molar-refractivity contribution in [3.05, 3.63) is 17.2 Å². The van der Waals surface area contributed by atoms with E-state index in [2.05, 4.69) is 5.11 Å². The third-order valence-electron chi connectivity index (χ3n) is 1.68. The molecule has 0 unspecified atom stereocenters. The topological polar surface area (TPSA) is 143 Å². The first kappa shape index (κ1) is 14.0. The molecule has 0 atom stereocenters. The molecule has 8 nitrogen and oxygen atoms in total. The fraction of sp³-hybridized carbons (Fsp3) is 0. The molecule has 17 heavy (non-hydrogen) atoms. The maximum Gasteiger partial charge on any atom is 0.296 e. The molecule has 0 aliphatic rings. The van der Waals surface area contributed by atoms with E-state index in [1.807, 2.05) is 0 Å². The van der Waals surface area contributed by atoms with Crippen molar-refractivity contribution in [2.45, 2.75) is 9.79 Å². The monoisotopic (exact) mass is 299 g/mol. The highest BCUT2D eigenvalue weighted by atomic mass is 35.5. The van der Waals surface area contributed by atoms with Crippen LogP contribution in [0.25, 0.3) is 0 Å². The zero-order valence-corrected chi connectivity index (χ0v) is 10.2. The van der Waals surface area contributed by atoms with Gasteiger partial charge in [-0.15, -0.1) is 5.11 Å². The fourth-order valence-electron chi connectivity index (χ4n) is 1.01. The fourth-order valence-corrected chi connectivity index (χ4v) is 2.72. The summed E-state index contributed by atoms with van der Waals surface area (Å²) in [6.07, 6.45) is 0. The van der Waals surface area contributed by atoms with E-state index in [1.54, 1.807) is 0 Å². The Balaban J connectivity index is 3.75. The second-order valence-electron chi connectivity index (χ2n) is 2.80. The average Bonchev–Trinajstić information content (AvgIpc) is 2.14. The van der Waals surface area contributed by atoms with Gasteiger partial charge in [0.05, 0.1) is 5.02 Å². The van der Waals surface area contributed by atoms with Crippen molar-refractivity contribution in [2.24, 2.45) is 5.11 Å². The van der Waals surface area contributed by atoms with E-state index < -0.39 is 40.7 Å². The van der Waals surface area contributed by atoms with Gasteiger partial charge in [-0.1, -0.05) is 11.6 Å². The van der Waals surface area contributed by atoms with Crippen LogP contribution >= 0.6 is 11.6 Å². The van der Waals surface area contributed by atoms with Crippen molar-refractivity contribution in [1.82, 2.24) is 5.53 Å². The molecule has 11 heteroatoms. The van der Waals surface area contributed by atoms with Crippen LogP contribution in [-0.4, -0.2) is 25.9 Å². The number of benzene rings is 1. The highest BCUT2D eigenvalue weighted by Gasteiger charge is 2.23. The van der Waals surface area contributed by atoms with Gasteiger partial charge in [0.1, 0.15) is 15.5 Å². The molecule has 0 aliphatic carbocycles. The minimum Gasteiger partial charge on any atom is -0.282 e. The van der Waals surface area contributed by atoms with Gasteiger partial charge < -0.3 is 0 Å². The van der Waals surface area contributed by atoms with Gasteiger partial charge in [0.15, 0.2) is 0 Å². The lowest BCUT2D eigenvalue weighted by Crippen LogP contribution is -2.03. The normalized spacial score (nSPS) is 12.4. The van der Waals surface area contributed by atoms with Crippen LogP contribution in [0.15, 0.2) is 27.0 Å². The third-order valence-corrected chi connectivity index (χ3v) is 3.88. The molecule has 1 rings (SSSR count). The maximum absolute atomic E-state index is 10.8. The summed E-state index contributed by atoms with van der Waals surface area (Å²) in [7, 11) is -9.45. The molecule has 0 fully saturated rings. The Bertz CT molecular complexity index is 681. The molecule has 1 aromatic carbocycles. The molecule has 0 spiro atoms. The van der Waals surface area contributed by atoms with Gasteiger partial charge in [0, 0.05) is 0 Å². The molecule has 1 aromatic rings. The van der Waals surface area contributed by atoms with Crippen LogP contribution in [-0.2, 0) is 20.2 Å². The van der Waals surface area contributed by atoms with Crippen molar-refractivity contribution < 1.29 is 25.9 Å². The predicted molar refractivity (Wildman–Crippen MR) is 55.3 cm³/mol. The molecule has 0 bridgehead atoms. The summed E-state index contributed by atoms with van der Waals surface area (Å²) >= 11 is 5.41. The summed E-state index contributed by atoms with van der Waals surface area (Å²) in [5, 5.41) is 1.83. The first-order valence-electron chi connectivity index (χ1n) is 3.71. The van der Waals surface area contributed by atoms with Gasteiger partial charge in [-0.2, -0.15) is 16.8 Å². The van der Waals surface area contributed by atoms with Gasteiger partial charge in [-0.3, -0.25) is 9.11 Å². The standard InChI is InChI=1S/C6H4ClN2O6S2/c7-3-1-6(17(13,14)15)4(9-8)2-5(3)16(10,11)12/h1-2H,(H,10,11,12)(H,13,14,15). The quantitative estimate of drug-likeness (QED) is 0.621. The first-order chi connectivity index (χ1) is 7.57. The third kappa shape index (κ3) is 2.98. The number of rotatable bonds is 3. The van der Waals surface area contributed by atoms with Crippen LogP contribution in [0.1, 0.15) is 0 Å². The average molecular weight is 300 g/mol. The van der Waals surface area contributed by atoms with E-state index in [0.29, 0.717) is 12.1 Å². The second-order valence-corrected chi connectivity index (χ2v) is 5.99. The van der Waals surface area contributed by atoms with E-state index in [0.717, 1.165) is 0 Å². The molecule has 1 radical (unpaired) electrons. The van der Waals surface area contributed by atoms with Gasteiger partial charge in [-0.25, -0.2) is 0 Å². The van der Waals surface area contributed by atoms with Crippen molar-refractivity contribution in [1.29, 1.82) is 0 Å². The number of halogens is 1. The maximum atomic E-state index is 10.8. The van der Waals surface area contributed by atoms with E-state index in [1.165, 1.54) is 0 Å². The van der Waals surface area contributed by atoms with Gasteiger partial charge in [0.25, 0.3) is 20.2 Å². The molecule has 0 aliphatic heterocycles. The zero-order chi connectivity index (χ0) is 13.4. The number of nitrogens with zero attached hydrogens (tertiary/aromatic N) is 2. The van der Waals surface area contributed by atoms with Gasteiger partial charge in [0.2, 0.25) is 0 Å². The van der Waals surface area contributed by atoms with E-state index in [-0.39, 0.29) is 0 Å². The Morgan fingerprint density at radius 1 is 1.06 bits per heavy atom. The largest absolute Gasteiger partial charge is 0.296 e. The highest BCUT2D eigenvalue weighted by molar-refractivity contribution is 7.86. The summed E-state index contributed by atoms with van der Waals surface area (Å²) in [5.41, 5.74) is 7.72. The Morgan fingerprint density at radius 2 is 1.53 bits per heavy atom. The summed E-state index contributed by atoms with van der Waals surface area (Å²) in [6.45, 7) is 0. The molecular formula is C6H4ClN2O6S2. The van der Waals surface area contributed by atoms with Gasteiger partial charge >= 0.3 is 0 Å². The number of hydrogen-bond donors (Lipinski definition) is 2.